The first-order valence-corrected chi connectivity index (χ1v) is 12.0. The summed E-state index contributed by atoms with van der Waals surface area (Å²) in [4.78, 5) is 10.9. The van der Waals surface area contributed by atoms with E-state index in [1.807, 2.05) is 18.2 Å². The van der Waals surface area contributed by atoms with Gasteiger partial charge in [-0.15, -0.1) is 0 Å². The van der Waals surface area contributed by atoms with Crippen LogP contribution >= 0.6 is 0 Å². The molecule has 2 aromatic carbocycles. The highest BCUT2D eigenvalue weighted by molar-refractivity contribution is 5.86. The van der Waals surface area contributed by atoms with Gasteiger partial charge in [-0.3, -0.25) is 4.79 Å². The van der Waals surface area contributed by atoms with Crippen molar-refractivity contribution in [1.82, 2.24) is 9.63 Å². The Morgan fingerprint density at radius 1 is 1.00 bits per heavy atom. The van der Waals surface area contributed by atoms with E-state index in [4.69, 9.17) is 5.11 Å². The van der Waals surface area contributed by atoms with Crippen LogP contribution in [-0.4, -0.2) is 50.2 Å². The van der Waals surface area contributed by atoms with Gasteiger partial charge in [-0.05, 0) is 55.0 Å². The smallest absolute Gasteiger partial charge is 0.306 e. The second kappa shape index (κ2) is 11.6. The standard InChI is InChI=1S/C28H35FN2O4/c1-18(2)27-24(14-15-30(35)17-23(32)16-25(33)34)26(20-10-12-22(29)13-11-20)28(31(27)19(3)4)21-8-6-5-7-9-21/h5-13,18-19,23,32,35H,14-17H2,1-4H3,(H,33,34). The van der Waals surface area contributed by atoms with E-state index in [1.54, 1.807) is 12.1 Å². The van der Waals surface area contributed by atoms with E-state index in [9.17, 15) is 19.5 Å². The lowest BCUT2D eigenvalue weighted by molar-refractivity contribution is -0.143. The van der Waals surface area contributed by atoms with E-state index in [2.05, 4.69) is 44.4 Å². The second-order valence-corrected chi connectivity index (χ2v) is 9.49. The van der Waals surface area contributed by atoms with Crippen molar-refractivity contribution >= 4 is 5.97 Å². The van der Waals surface area contributed by atoms with Crippen molar-refractivity contribution in [1.29, 1.82) is 0 Å². The summed E-state index contributed by atoms with van der Waals surface area (Å²) in [7, 11) is 0. The van der Waals surface area contributed by atoms with Crippen LogP contribution in [-0.2, 0) is 11.2 Å². The average molecular weight is 483 g/mol. The molecule has 1 aromatic heterocycles. The SMILES string of the molecule is CC(C)c1c(CCN(O)CC(O)CC(=O)O)c(-c2ccc(F)cc2)c(-c2ccccc2)n1C(C)C. The van der Waals surface area contributed by atoms with Crippen molar-refractivity contribution in [3.8, 4) is 22.4 Å². The summed E-state index contributed by atoms with van der Waals surface area (Å²) in [6.07, 6.45) is -1.13. The molecule has 35 heavy (non-hydrogen) atoms. The van der Waals surface area contributed by atoms with Gasteiger partial charge in [0.1, 0.15) is 5.82 Å². The van der Waals surface area contributed by atoms with Gasteiger partial charge in [-0.25, -0.2) is 4.39 Å². The van der Waals surface area contributed by atoms with Crippen LogP contribution in [0, 0.1) is 5.82 Å². The zero-order valence-electron chi connectivity index (χ0n) is 20.8. The summed E-state index contributed by atoms with van der Waals surface area (Å²) >= 11 is 0. The van der Waals surface area contributed by atoms with Gasteiger partial charge < -0.3 is 20.0 Å². The Kier molecular flexibility index (Phi) is 8.83. The Bertz CT molecular complexity index is 1120. The highest BCUT2D eigenvalue weighted by atomic mass is 19.1. The third kappa shape index (κ3) is 6.36. The van der Waals surface area contributed by atoms with Gasteiger partial charge >= 0.3 is 5.97 Å². The second-order valence-electron chi connectivity index (χ2n) is 9.49. The van der Waals surface area contributed by atoms with Gasteiger partial charge in [0.25, 0.3) is 0 Å². The number of aliphatic hydroxyl groups is 1. The maximum absolute atomic E-state index is 13.8. The van der Waals surface area contributed by atoms with Gasteiger partial charge in [0.2, 0.25) is 0 Å². The summed E-state index contributed by atoms with van der Waals surface area (Å²) in [6, 6.07) is 16.7. The number of hydroxylamine groups is 2. The number of benzene rings is 2. The van der Waals surface area contributed by atoms with Crippen LogP contribution in [0.5, 0.6) is 0 Å². The summed E-state index contributed by atoms with van der Waals surface area (Å²) in [5.41, 5.74) is 6.15. The molecule has 0 saturated heterocycles. The van der Waals surface area contributed by atoms with Crippen LogP contribution in [0.2, 0.25) is 0 Å². The topological polar surface area (TPSA) is 85.9 Å². The minimum Gasteiger partial charge on any atom is -0.481 e. The first-order valence-electron chi connectivity index (χ1n) is 12.0. The number of hydrogen-bond donors (Lipinski definition) is 3. The lowest BCUT2D eigenvalue weighted by Gasteiger charge is -2.21. The van der Waals surface area contributed by atoms with E-state index < -0.39 is 18.5 Å². The molecular weight excluding hydrogens is 447 g/mol. The summed E-state index contributed by atoms with van der Waals surface area (Å²) < 4.78 is 16.2. The molecule has 0 aliphatic heterocycles. The summed E-state index contributed by atoms with van der Waals surface area (Å²) in [5.74, 6) is -1.25. The number of carboxylic acid groups (broad SMARTS) is 1. The Balaban J connectivity index is 2.15. The molecule has 3 N–H and O–H groups in total. The Morgan fingerprint density at radius 3 is 2.17 bits per heavy atom. The maximum atomic E-state index is 13.8. The predicted octanol–water partition coefficient (Wildman–Crippen LogP) is 5.73. The number of nitrogens with zero attached hydrogens (tertiary/aromatic N) is 2. The van der Waals surface area contributed by atoms with Crippen LogP contribution in [0.3, 0.4) is 0 Å². The van der Waals surface area contributed by atoms with Gasteiger partial charge in [-0.1, -0.05) is 56.3 Å². The van der Waals surface area contributed by atoms with Crippen LogP contribution in [0.25, 0.3) is 22.4 Å². The van der Waals surface area contributed by atoms with E-state index in [0.717, 1.165) is 38.7 Å². The third-order valence-corrected chi connectivity index (χ3v) is 6.04. The summed E-state index contributed by atoms with van der Waals surface area (Å²) in [5, 5.41) is 30.2. The molecule has 6 nitrogen and oxygen atoms in total. The quantitative estimate of drug-likeness (QED) is 0.304. The van der Waals surface area contributed by atoms with Crippen LogP contribution in [0.1, 0.15) is 57.3 Å². The third-order valence-electron chi connectivity index (χ3n) is 6.04. The molecular formula is C28H35FN2O4. The molecule has 1 atom stereocenters. The molecule has 0 bridgehead atoms. The number of hydrogen-bond acceptors (Lipinski definition) is 4. The molecule has 0 aliphatic carbocycles. The normalized spacial score (nSPS) is 12.6. The molecule has 7 heteroatoms. The van der Waals surface area contributed by atoms with E-state index >= 15 is 0 Å². The molecule has 0 saturated carbocycles. The van der Waals surface area contributed by atoms with Crippen molar-refractivity contribution in [2.24, 2.45) is 0 Å². The predicted molar refractivity (Wildman–Crippen MR) is 135 cm³/mol. The van der Waals surface area contributed by atoms with Crippen molar-refractivity contribution in [2.75, 3.05) is 13.1 Å². The minimum absolute atomic E-state index is 0.151. The van der Waals surface area contributed by atoms with Gasteiger partial charge in [0.05, 0.1) is 24.8 Å². The maximum Gasteiger partial charge on any atom is 0.306 e. The first kappa shape index (κ1) is 26.6. The fourth-order valence-corrected chi connectivity index (χ4v) is 4.72. The molecule has 188 valence electrons. The number of rotatable bonds is 11. The Labute approximate surface area is 206 Å². The minimum atomic E-state index is -1.17. The zero-order chi connectivity index (χ0) is 25.7. The zero-order valence-corrected chi connectivity index (χ0v) is 20.8. The van der Waals surface area contributed by atoms with E-state index in [-0.39, 0.29) is 30.9 Å². The average Bonchev–Trinajstić information content (AvgIpc) is 3.14. The summed E-state index contributed by atoms with van der Waals surface area (Å²) in [6.45, 7) is 8.59. The van der Waals surface area contributed by atoms with Gasteiger partial charge in [-0.2, -0.15) is 5.06 Å². The molecule has 0 fully saturated rings. The van der Waals surface area contributed by atoms with Gasteiger partial charge in [0, 0.05) is 23.8 Å². The van der Waals surface area contributed by atoms with Crippen LogP contribution in [0.15, 0.2) is 54.6 Å². The molecule has 1 heterocycles. The largest absolute Gasteiger partial charge is 0.481 e. The number of carboxylic acids is 1. The molecule has 0 amide bonds. The number of aromatic nitrogens is 1. The highest BCUT2D eigenvalue weighted by Gasteiger charge is 2.28. The van der Waals surface area contributed by atoms with Crippen molar-refractivity contribution in [3.63, 3.8) is 0 Å². The lowest BCUT2D eigenvalue weighted by atomic mass is 9.93. The van der Waals surface area contributed by atoms with Crippen molar-refractivity contribution < 1.29 is 24.6 Å². The fraction of sp³-hybridized carbons (Fsp3) is 0.393. The Morgan fingerprint density at radius 2 is 1.63 bits per heavy atom. The fourth-order valence-electron chi connectivity index (χ4n) is 4.72. The molecule has 0 spiro atoms. The number of aliphatic hydroxyl groups excluding tert-OH is 1. The van der Waals surface area contributed by atoms with Gasteiger partial charge in [0.15, 0.2) is 0 Å². The van der Waals surface area contributed by atoms with E-state index in [0.29, 0.717) is 6.42 Å². The molecule has 3 rings (SSSR count). The lowest BCUT2D eigenvalue weighted by Crippen LogP contribution is -2.32. The van der Waals surface area contributed by atoms with Crippen molar-refractivity contribution in [2.45, 2.75) is 58.6 Å². The molecule has 1 unspecified atom stereocenters. The van der Waals surface area contributed by atoms with E-state index in [1.165, 1.54) is 12.1 Å². The Hall–Kier alpha value is -3.00. The van der Waals surface area contributed by atoms with Crippen molar-refractivity contribution in [3.05, 3.63) is 71.7 Å². The molecule has 0 radical (unpaired) electrons. The van der Waals surface area contributed by atoms with Crippen LogP contribution < -0.4 is 0 Å². The molecule has 0 aliphatic rings. The van der Waals surface area contributed by atoms with Crippen LogP contribution in [0.4, 0.5) is 4.39 Å². The number of carbonyl (C=O) groups is 1. The number of halogens is 1. The number of aliphatic carboxylic acids is 1. The highest BCUT2D eigenvalue weighted by Crippen LogP contribution is 2.43. The first-order chi connectivity index (χ1) is 16.6. The monoisotopic (exact) mass is 482 g/mol. The molecule has 3 aromatic rings.